The second-order valence-electron chi connectivity index (χ2n) is 4.47. The molecule has 1 aliphatic heterocycles. The van der Waals surface area contributed by atoms with Gasteiger partial charge < -0.3 is 15.4 Å². The molecule has 0 bridgehead atoms. The Morgan fingerprint density at radius 2 is 2.25 bits per heavy atom. The van der Waals surface area contributed by atoms with E-state index < -0.39 is 0 Å². The molecule has 20 heavy (non-hydrogen) atoms. The molecule has 1 aliphatic rings. The van der Waals surface area contributed by atoms with E-state index in [1.54, 1.807) is 11.3 Å². The number of hydrogen-bond donors (Lipinski definition) is 1. The number of carbonyl (C=O) groups is 1. The zero-order valence-corrected chi connectivity index (χ0v) is 12.5. The van der Waals surface area contributed by atoms with Gasteiger partial charge in [0.1, 0.15) is 0 Å². The van der Waals surface area contributed by atoms with Crippen LogP contribution in [0.4, 0.5) is 5.13 Å². The molecule has 0 aliphatic carbocycles. The van der Waals surface area contributed by atoms with Crippen molar-refractivity contribution in [2.75, 3.05) is 32.0 Å². The highest BCUT2D eigenvalue weighted by Crippen LogP contribution is 2.33. The van der Waals surface area contributed by atoms with E-state index in [1.807, 2.05) is 22.4 Å². The summed E-state index contributed by atoms with van der Waals surface area (Å²) in [5.41, 5.74) is 6.66. The van der Waals surface area contributed by atoms with Gasteiger partial charge in [-0.1, -0.05) is 6.07 Å². The molecule has 3 heterocycles. The lowest BCUT2D eigenvalue weighted by molar-refractivity contribution is -0.134. The van der Waals surface area contributed by atoms with E-state index in [0.29, 0.717) is 37.9 Å². The van der Waals surface area contributed by atoms with Crippen LogP contribution in [0, 0.1) is 0 Å². The zero-order chi connectivity index (χ0) is 13.9. The lowest BCUT2D eigenvalue weighted by Gasteiger charge is -2.26. The second kappa shape index (κ2) is 5.90. The maximum Gasteiger partial charge on any atom is 0.228 e. The van der Waals surface area contributed by atoms with E-state index in [9.17, 15) is 4.79 Å². The number of nitrogen functional groups attached to an aromatic ring is 1. The summed E-state index contributed by atoms with van der Waals surface area (Å²) in [6, 6.07) is 3.98. The number of morpholine rings is 1. The third-order valence-corrected chi connectivity index (χ3v) is 4.91. The van der Waals surface area contributed by atoms with Crippen molar-refractivity contribution in [3.63, 3.8) is 0 Å². The number of ether oxygens (including phenoxy) is 1. The first kappa shape index (κ1) is 13.5. The fraction of sp³-hybridized carbons (Fsp3) is 0.385. The summed E-state index contributed by atoms with van der Waals surface area (Å²) in [5.74, 6) is 0.120. The molecule has 0 unspecified atom stereocenters. The summed E-state index contributed by atoms with van der Waals surface area (Å²) in [6.45, 7) is 2.58. The van der Waals surface area contributed by atoms with Crippen LogP contribution in [-0.2, 0) is 16.0 Å². The minimum atomic E-state index is 0.120. The number of nitrogens with two attached hydrogens (primary N) is 1. The van der Waals surface area contributed by atoms with Crippen LogP contribution in [0.5, 0.6) is 0 Å². The Morgan fingerprint density at radius 1 is 1.45 bits per heavy atom. The Morgan fingerprint density at radius 3 is 2.95 bits per heavy atom. The highest BCUT2D eigenvalue weighted by Gasteiger charge is 2.21. The van der Waals surface area contributed by atoms with Gasteiger partial charge in [-0.25, -0.2) is 4.98 Å². The third-order valence-electron chi connectivity index (χ3n) is 3.14. The number of hydrogen-bond acceptors (Lipinski definition) is 6. The number of amides is 1. The smallest absolute Gasteiger partial charge is 0.228 e. The molecule has 0 spiro atoms. The number of nitrogens with zero attached hydrogens (tertiary/aromatic N) is 2. The number of thiazole rings is 1. The van der Waals surface area contributed by atoms with Gasteiger partial charge in [-0.3, -0.25) is 4.79 Å². The van der Waals surface area contributed by atoms with Gasteiger partial charge >= 0.3 is 0 Å². The Bertz CT molecular complexity index is 589. The molecule has 5 nitrogen and oxygen atoms in total. The highest BCUT2D eigenvalue weighted by atomic mass is 32.1. The Hall–Kier alpha value is -1.44. The average molecular weight is 309 g/mol. The number of thiophene rings is 1. The van der Waals surface area contributed by atoms with Crippen molar-refractivity contribution in [2.45, 2.75) is 6.42 Å². The summed E-state index contributed by atoms with van der Waals surface area (Å²) in [5, 5.41) is 2.51. The van der Waals surface area contributed by atoms with Crippen LogP contribution in [-0.4, -0.2) is 42.1 Å². The third kappa shape index (κ3) is 2.84. The molecule has 2 aromatic heterocycles. The van der Waals surface area contributed by atoms with Crippen molar-refractivity contribution >= 4 is 33.7 Å². The standard InChI is InChI=1S/C13H15N3O2S2/c14-13-15-12(9-2-1-7-19-9)10(20-13)8-11(17)16-3-5-18-6-4-16/h1-2,7H,3-6,8H2,(H2,14,15). The molecule has 106 valence electrons. The monoisotopic (exact) mass is 309 g/mol. The molecular formula is C13H15N3O2S2. The van der Waals surface area contributed by atoms with Crippen molar-refractivity contribution in [3.05, 3.63) is 22.4 Å². The molecule has 0 atom stereocenters. The normalized spacial score (nSPS) is 15.5. The molecule has 1 amide bonds. The first-order valence-electron chi connectivity index (χ1n) is 6.38. The molecule has 0 radical (unpaired) electrons. The maximum absolute atomic E-state index is 12.3. The molecule has 0 saturated carbocycles. The predicted octanol–water partition coefficient (Wildman–Crippen LogP) is 1.86. The van der Waals surface area contributed by atoms with Gasteiger partial charge in [0, 0.05) is 18.0 Å². The van der Waals surface area contributed by atoms with Crippen molar-refractivity contribution in [1.29, 1.82) is 0 Å². The minimum absolute atomic E-state index is 0.120. The summed E-state index contributed by atoms with van der Waals surface area (Å²) in [4.78, 5) is 20.5. The van der Waals surface area contributed by atoms with E-state index in [1.165, 1.54) is 11.3 Å². The summed E-state index contributed by atoms with van der Waals surface area (Å²) >= 11 is 3.01. The molecule has 0 aromatic carbocycles. The van der Waals surface area contributed by atoms with Crippen molar-refractivity contribution in [2.24, 2.45) is 0 Å². The Balaban J connectivity index is 1.78. The topological polar surface area (TPSA) is 68.5 Å². The fourth-order valence-electron chi connectivity index (χ4n) is 2.16. The van der Waals surface area contributed by atoms with Gasteiger partial charge in [-0.05, 0) is 11.4 Å². The van der Waals surface area contributed by atoms with Crippen molar-refractivity contribution < 1.29 is 9.53 Å². The van der Waals surface area contributed by atoms with Crippen LogP contribution in [0.25, 0.3) is 10.6 Å². The first-order valence-corrected chi connectivity index (χ1v) is 8.08. The molecule has 1 fully saturated rings. The molecule has 1 saturated heterocycles. The van der Waals surface area contributed by atoms with Crippen LogP contribution in [0.3, 0.4) is 0 Å². The number of anilines is 1. The Labute approximate surface area is 125 Å². The van der Waals surface area contributed by atoms with Crippen molar-refractivity contribution in [3.8, 4) is 10.6 Å². The van der Waals surface area contributed by atoms with E-state index in [2.05, 4.69) is 4.98 Å². The molecular weight excluding hydrogens is 294 g/mol. The number of rotatable bonds is 3. The van der Waals surface area contributed by atoms with Gasteiger partial charge in [0.05, 0.1) is 30.2 Å². The zero-order valence-electron chi connectivity index (χ0n) is 10.9. The first-order chi connectivity index (χ1) is 9.74. The fourth-order valence-corrected chi connectivity index (χ4v) is 3.80. The number of aromatic nitrogens is 1. The maximum atomic E-state index is 12.3. The molecule has 3 rings (SSSR count). The van der Waals surface area contributed by atoms with Gasteiger partial charge in [0.2, 0.25) is 5.91 Å². The van der Waals surface area contributed by atoms with Crippen LogP contribution < -0.4 is 5.73 Å². The van der Waals surface area contributed by atoms with E-state index in [-0.39, 0.29) is 5.91 Å². The largest absolute Gasteiger partial charge is 0.378 e. The van der Waals surface area contributed by atoms with Crippen LogP contribution in [0.1, 0.15) is 4.88 Å². The second-order valence-corrected chi connectivity index (χ2v) is 6.53. The van der Waals surface area contributed by atoms with Gasteiger partial charge in [0.25, 0.3) is 0 Å². The van der Waals surface area contributed by atoms with E-state index in [0.717, 1.165) is 15.4 Å². The van der Waals surface area contributed by atoms with E-state index in [4.69, 9.17) is 10.5 Å². The van der Waals surface area contributed by atoms with Crippen molar-refractivity contribution in [1.82, 2.24) is 9.88 Å². The molecule has 2 aromatic rings. The van der Waals surface area contributed by atoms with Gasteiger partial charge in [-0.15, -0.1) is 22.7 Å². The van der Waals surface area contributed by atoms with Crippen LogP contribution in [0.15, 0.2) is 17.5 Å². The quantitative estimate of drug-likeness (QED) is 0.939. The molecule has 2 N–H and O–H groups in total. The van der Waals surface area contributed by atoms with Crippen LogP contribution >= 0.6 is 22.7 Å². The molecule has 7 heteroatoms. The lowest BCUT2D eigenvalue weighted by Crippen LogP contribution is -2.41. The summed E-state index contributed by atoms with van der Waals surface area (Å²) < 4.78 is 5.26. The summed E-state index contributed by atoms with van der Waals surface area (Å²) in [7, 11) is 0. The highest BCUT2D eigenvalue weighted by molar-refractivity contribution is 7.17. The SMILES string of the molecule is Nc1nc(-c2cccs2)c(CC(=O)N2CCOCC2)s1. The van der Waals surface area contributed by atoms with E-state index >= 15 is 0 Å². The lowest BCUT2D eigenvalue weighted by atomic mass is 10.2. The van der Waals surface area contributed by atoms with Gasteiger partial charge in [-0.2, -0.15) is 0 Å². The van der Waals surface area contributed by atoms with Gasteiger partial charge in [0.15, 0.2) is 5.13 Å². The minimum Gasteiger partial charge on any atom is -0.378 e. The van der Waals surface area contributed by atoms with Crippen LogP contribution in [0.2, 0.25) is 0 Å². The summed E-state index contributed by atoms with van der Waals surface area (Å²) in [6.07, 6.45) is 0.363. The Kier molecular flexibility index (Phi) is 4.00. The predicted molar refractivity (Wildman–Crippen MR) is 80.9 cm³/mol. The number of carbonyl (C=O) groups excluding carboxylic acids is 1. The average Bonchev–Trinajstić information content (AvgIpc) is 3.09.